The van der Waals surface area contributed by atoms with Crippen molar-refractivity contribution in [3.63, 3.8) is 0 Å². The second-order valence-electron chi connectivity index (χ2n) is 18.2. The number of Topliss-reactive ketones (excluding diaryl/α,β-unsaturated/α-hetero) is 2. The van der Waals surface area contributed by atoms with Gasteiger partial charge in [-0.2, -0.15) is 0 Å². The number of hydrogen-bond acceptors (Lipinski definition) is 12. The summed E-state index contributed by atoms with van der Waals surface area (Å²) in [4.78, 5) is 58.6. The third-order valence-corrected chi connectivity index (χ3v) is 13.0. The van der Waals surface area contributed by atoms with Gasteiger partial charge in [0.05, 0.1) is 36.6 Å². The van der Waals surface area contributed by atoms with Crippen molar-refractivity contribution in [3.8, 4) is 0 Å². The number of amides is 1. The molecule has 3 fully saturated rings. The SMILES string of the molecule is C=CC[C@@H]1/C=C(\C)C[C@H](C)C[C@H](OC)C2O[C@@](O)(C(=O)C(=O)N3CCCC[C@H]3C(=O)O[C@H](/C(C)=C/[C@@H]3CC[C@@H](O)[C@H](O)C3)[C@H](C)[C@@H](OC(C)C)CC1=O)[C@H](C)C[C@@H]2OC. The number of aliphatic hydroxyl groups is 3. The molecule has 4 rings (SSSR count). The van der Waals surface area contributed by atoms with Crippen LogP contribution in [-0.2, 0) is 42.9 Å². The molecule has 1 amide bonds. The minimum absolute atomic E-state index is 0.0223. The Hall–Kier alpha value is -2.78. The maximum absolute atomic E-state index is 14.5. The smallest absolute Gasteiger partial charge is 0.329 e. The van der Waals surface area contributed by atoms with E-state index in [4.69, 9.17) is 23.7 Å². The largest absolute Gasteiger partial charge is 0.456 e. The van der Waals surface area contributed by atoms with E-state index in [0.717, 1.165) is 5.57 Å². The van der Waals surface area contributed by atoms with Gasteiger partial charge in [0.25, 0.3) is 11.7 Å². The number of methoxy groups -OCH3 is 2. The van der Waals surface area contributed by atoms with Crippen LogP contribution in [0.5, 0.6) is 0 Å². The Kier molecular flexibility index (Phi) is 18.1. The molecule has 13 heteroatoms. The Morgan fingerprint density at radius 2 is 1.64 bits per heavy atom. The Labute approximate surface area is 351 Å². The lowest BCUT2D eigenvalue weighted by Crippen LogP contribution is -2.64. The first-order valence-electron chi connectivity index (χ1n) is 21.9. The summed E-state index contributed by atoms with van der Waals surface area (Å²) in [6.07, 6.45) is 4.58. The number of rotatable bonds is 8. The van der Waals surface area contributed by atoms with Gasteiger partial charge in [-0.25, -0.2) is 4.79 Å². The predicted molar refractivity (Wildman–Crippen MR) is 222 cm³/mol. The van der Waals surface area contributed by atoms with Crippen molar-refractivity contribution in [2.24, 2.45) is 29.6 Å². The fourth-order valence-electron chi connectivity index (χ4n) is 9.70. The summed E-state index contributed by atoms with van der Waals surface area (Å²) in [5.74, 6) is -7.39. The number of piperidine rings is 1. The summed E-state index contributed by atoms with van der Waals surface area (Å²) in [7, 11) is 3.07. The third-order valence-electron chi connectivity index (χ3n) is 13.0. The minimum atomic E-state index is -2.51. The molecule has 0 aromatic rings. The van der Waals surface area contributed by atoms with Crippen molar-refractivity contribution in [3.05, 3.63) is 36.0 Å². The average Bonchev–Trinajstić information content (AvgIpc) is 3.19. The number of fused-ring (bicyclic) bond motifs is 3. The van der Waals surface area contributed by atoms with Gasteiger partial charge >= 0.3 is 5.97 Å². The summed E-state index contributed by atoms with van der Waals surface area (Å²) < 4.78 is 30.9. The highest BCUT2D eigenvalue weighted by molar-refractivity contribution is 6.39. The predicted octanol–water partition coefficient (Wildman–Crippen LogP) is 5.42. The Balaban J connectivity index is 1.83. The van der Waals surface area contributed by atoms with Crippen molar-refractivity contribution >= 4 is 23.4 Å². The van der Waals surface area contributed by atoms with Crippen LogP contribution in [0.2, 0.25) is 0 Å². The first kappa shape index (κ1) is 48.9. The Morgan fingerprint density at radius 1 is 0.966 bits per heavy atom. The van der Waals surface area contributed by atoms with Crippen molar-refractivity contribution < 1.29 is 58.2 Å². The quantitative estimate of drug-likeness (QED) is 0.161. The molecule has 3 aliphatic heterocycles. The van der Waals surface area contributed by atoms with Crippen LogP contribution >= 0.6 is 0 Å². The van der Waals surface area contributed by atoms with Gasteiger partial charge in [-0.05, 0) is 109 Å². The molecule has 3 N–H and O–H groups in total. The van der Waals surface area contributed by atoms with Gasteiger partial charge in [-0.1, -0.05) is 44.6 Å². The molecule has 3 heterocycles. The summed E-state index contributed by atoms with van der Waals surface area (Å²) in [5.41, 5.74) is 1.68. The topological polar surface area (TPSA) is 178 Å². The van der Waals surface area contributed by atoms with E-state index in [0.29, 0.717) is 56.9 Å². The molecule has 0 aromatic carbocycles. The summed E-state index contributed by atoms with van der Waals surface area (Å²) in [5, 5.41) is 32.8. The number of esters is 1. The molecule has 0 aromatic heterocycles. The molecule has 1 aliphatic carbocycles. The molecule has 2 saturated heterocycles. The normalized spacial score (nSPS) is 40.1. The van der Waals surface area contributed by atoms with Crippen LogP contribution in [0.15, 0.2) is 36.0 Å². The number of allylic oxidation sites excluding steroid dienone is 4. The fourth-order valence-corrected chi connectivity index (χ4v) is 9.70. The van der Waals surface area contributed by atoms with E-state index in [1.165, 1.54) is 19.1 Å². The zero-order chi connectivity index (χ0) is 43.8. The maximum atomic E-state index is 14.5. The number of carbonyl (C=O) groups is 4. The number of cyclic esters (lactones) is 1. The summed E-state index contributed by atoms with van der Waals surface area (Å²) in [6.45, 7) is 17.2. The first-order valence-corrected chi connectivity index (χ1v) is 21.9. The van der Waals surface area contributed by atoms with E-state index < -0.39 is 90.0 Å². The number of nitrogens with zero attached hydrogens (tertiary/aromatic N) is 1. The van der Waals surface area contributed by atoms with E-state index in [-0.39, 0.29) is 49.5 Å². The van der Waals surface area contributed by atoms with E-state index in [9.17, 15) is 34.5 Å². The van der Waals surface area contributed by atoms with Gasteiger partial charge in [0.1, 0.15) is 24.0 Å². The standard InChI is InChI=1S/C46H73NO12/c1-11-14-33-20-27(4)19-28(5)21-39(55-9)42-40(56-10)23-30(7)46(54,59-42)43(51)44(52)47-18-13-12-15-34(47)45(53)58-41(31(8)38(25-36(33)49)57-26(2)3)29(6)22-32-16-17-35(48)37(50)24-32/h11,20,22,26,28,30-35,37-42,48,50,54H,1,12-19,21,23-25H2,2-10H3/b27-20+,29-22+/t28-,30+,31+,32-,33+,34-,35+,37+,38-,39-,40-,41+,42?,46+/m0/s1. The van der Waals surface area contributed by atoms with E-state index >= 15 is 0 Å². The molecule has 59 heavy (non-hydrogen) atoms. The summed E-state index contributed by atoms with van der Waals surface area (Å²) in [6, 6.07) is -1.13. The fraction of sp³-hybridized carbons (Fsp3) is 0.783. The zero-order valence-corrected chi connectivity index (χ0v) is 37.0. The second-order valence-corrected chi connectivity index (χ2v) is 18.2. The molecular formula is C46H73NO12. The van der Waals surface area contributed by atoms with Crippen molar-refractivity contribution in [2.75, 3.05) is 20.8 Å². The molecule has 14 atom stereocenters. The minimum Gasteiger partial charge on any atom is -0.456 e. The van der Waals surface area contributed by atoms with Gasteiger partial charge < -0.3 is 43.9 Å². The second kappa shape index (κ2) is 21.8. The highest BCUT2D eigenvalue weighted by Gasteiger charge is 2.56. The zero-order valence-electron chi connectivity index (χ0n) is 37.0. The lowest BCUT2D eigenvalue weighted by atomic mass is 9.81. The molecule has 2 bridgehead atoms. The molecule has 0 radical (unpaired) electrons. The lowest BCUT2D eigenvalue weighted by Gasteiger charge is -2.47. The molecule has 334 valence electrons. The number of carbonyl (C=O) groups excluding carboxylic acids is 4. The molecule has 13 nitrogen and oxygen atoms in total. The van der Waals surface area contributed by atoms with Crippen molar-refractivity contribution in [1.29, 1.82) is 0 Å². The molecule has 1 saturated carbocycles. The highest BCUT2D eigenvalue weighted by atomic mass is 16.7. The first-order chi connectivity index (χ1) is 27.8. The number of ketones is 2. The monoisotopic (exact) mass is 832 g/mol. The lowest BCUT2D eigenvalue weighted by molar-refractivity contribution is -0.302. The van der Waals surface area contributed by atoms with Crippen LogP contribution in [0, 0.1) is 29.6 Å². The van der Waals surface area contributed by atoms with Crippen LogP contribution in [-0.4, -0.2) is 125 Å². The van der Waals surface area contributed by atoms with Crippen LogP contribution < -0.4 is 0 Å². The molecule has 4 aliphatic rings. The maximum Gasteiger partial charge on any atom is 0.329 e. The number of ether oxygens (including phenoxy) is 5. The van der Waals surface area contributed by atoms with E-state index in [2.05, 4.69) is 13.5 Å². The van der Waals surface area contributed by atoms with Gasteiger partial charge in [0.15, 0.2) is 0 Å². The average molecular weight is 832 g/mol. The van der Waals surface area contributed by atoms with Gasteiger partial charge in [-0.3, -0.25) is 14.4 Å². The molecule has 1 unspecified atom stereocenters. The highest BCUT2D eigenvalue weighted by Crippen LogP contribution is 2.39. The van der Waals surface area contributed by atoms with Crippen molar-refractivity contribution in [1.82, 2.24) is 4.90 Å². The molecular weight excluding hydrogens is 759 g/mol. The van der Waals surface area contributed by atoms with Gasteiger partial charge in [0, 0.05) is 44.9 Å². The van der Waals surface area contributed by atoms with E-state index in [1.54, 1.807) is 13.0 Å². The summed E-state index contributed by atoms with van der Waals surface area (Å²) >= 11 is 0. The van der Waals surface area contributed by atoms with Gasteiger partial charge in [0.2, 0.25) is 5.79 Å². The molecule has 0 spiro atoms. The van der Waals surface area contributed by atoms with Crippen LogP contribution in [0.4, 0.5) is 0 Å². The number of hydrogen-bond donors (Lipinski definition) is 3. The Morgan fingerprint density at radius 3 is 2.27 bits per heavy atom. The van der Waals surface area contributed by atoms with Gasteiger partial charge in [-0.15, -0.1) is 6.58 Å². The Bertz CT molecular complexity index is 1530. The third kappa shape index (κ3) is 12.2. The van der Waals surface area contributed by atoms with Crippen LogP contribution in [0.25, 0.3) is 0 Å². The number of aliphatic hydroxyl groups excluding tert-OH is 2. The van der Waals surface area contributed by atoms with E-state index in [1.807, 2.05) is 46.8 Å². The van der Waals surface area contributed by atoms with Crippen LogP contribution in [0.1, 0.15) is 119 Å². The van der Waals surface area contributed by atoms with Crippen LogP contribution in [0.3, 0.4) is 0 Å². The van der Waals surface area contributed by atoms with Crippen molar-refractivity contribution in [2.45, 2.75) is 180 Å².